The number of hydrogen-bond acceptors (Lipinski definition) is 6. The Morgan fingerprint density at radius 3 is 2.29 bits per heavy atom. The summed E-state index contributed by atoms with van der Waals surface area (Å²) >= 11 is 0. The quantitative estimate of drug-likeness (QED) is 0.309. The average Bonchev–Trinajstić information content (AvgIpc) is 3.28. The van der Waals surface area contributed by atoms with E-state index in [1.165, 1.54) is 6.26 Å². The molecule has 4 rings (SSSR count). The number of benzene rings is 3. The molecule has 7 nitrogen and oxygen atoms in total. The van der Waals surface area contributed by atoms with Gasteiger partial charge in [-0.25, -0.2) is 8.42 Å². The number of H-pyrrole nitrogens is 1. The second kappa shape index (κ2) is 10.2. The van der Waals surface area contributed by atoms with Crippen LogP contribution in [0.2, 0.25) is 0 Å². The summed E-state index contributed by atoms with van der Waals surface area (Å²) in [5.74, 6) is 1.20. The van der Waals surface area contributed by atoms with Gasteiger partial charge >= 0.3 is 0 Å². The lowest BCUT2D eigenvalue weighted by molar-refractivity contribution is 0.0971. The van der Waals surface area contributed by atoms with Crippen molar-refractivity contribution in [3.8, 4) is 11.5 Å². The molecule has 0 spiro atoms. The van der Waals surface area contributed by atoms with Gasteiger partial charge in [0.15, 0.2) is 5.78 Å². The number of ether oxygens (including phenoxy) is 2. The largest absolute Gasteiger partial charge is 0.497 e. The number of carbonyl (C=O) groups is 1. The Balaban J connectivity index is 1.69. The molecule has 182 valence electrons. The predicted octanol–water partition coefficient (Wildman–Crippen LogP) is 4.81. The van der Waals surface area contributed by atoms with Crippen LogP contribution in [0.1, 0.15) is 27.5 Å². The number of methoxy groups -OCH3 is 2. The number of fused-ring (bicyclic) bond motifs is 1. The molecule has 0 saturated carbocycles. The Labute approximate surface area is 205 Å². The number of aromatic amines is 1. The molecule has 35 heavy (non-hydrogen) atoms. The van der Waals surface area contributed by atoms with Crippen molar-refractivity contribution in [3.63, 3.8) is 0 Å². The van der Waals surface area contributed by atoms with Crippen LogP contribution in [0.25, 0.3) is 10.9 Å². The smallest absolute Gasteiger partial charge is 0.191 e. The zero-order valence-electron chi connectivity index (χ0n) is 19.9. The predicted molar refractivity (Wildman–Crippen MR) is 138 cm³/mol. The second-order valence-electron chi connectivity index (χ2n) is 8.42. The molecule has 3 aromatic carbocycles. The number of Topliss-reactive ketones (excluding diaryl/α,β-unsaturated/α-hetero) is 1. The van der Waals surface area contributed by atoms with Gasteiger partial charge in [-0.05, 0) is 23.6 Å². The minimum Gasteiger partial charge on any atom is -0.497 e. The van der Waals surface area contributed by atoms with E-state index < -0.39 is 15.9 Å². The first kappa shape index (κ1) is 24.3. The van der Waals surface area contributed by atoms with E-state index in [2.05, 4.69) is 10.3 Å². The highest BCUT2D eigenvalue weighted by molar-refractivity contribution is 7.90. The summed E-state index contributed by atoms with van der Waals surface area (Å²) in [6.45, 7) is 0. The molecule has 0 fully saturated rings. The van der Waals surface area contributed by atoms with Crippen molar-refractivity contribution in [2.45, 2.75) is 12.5 Å². The summed E-state index contributed by atoms with van der Waals surface area (Å²) in [6.07, 6.45) is 3.35. The van der Waals surface area contributed by atoms with Gasteiger partial charge in [0, 0.05) is 52.8 Å². The molecule has 0 amide bonds. The third kappa shape index (κ3) is 5.84. The number of hydrogen-bond donors (Lipinski definition) is 2. The molecular weight excluding hydrogens is 464 g/mol. The highest BCUT2D eigenvalue weighted by Crippen LogP contribution is 2.32. The third-order valence-corrected chi connectivity index (χ3v) is 6.78. The van der Waals surface area contributed by atoms with Gasteiger partial charge in [0.25, 0.3) is 0 Å². The zero-order chi connectivity index (χ0) is 25.0. The molecule has 8 heteroatoms. The van der Waals surface area contributed by atoms with Gasteiger partial charge in [-0.1, -0.05) is 42.5 Å². The summed E-state index contributed by atoms with van der Waals surface area (Å²) in [5.41, 5.74) is 3.73. The fourth-order valence-corrected chi connectivity index (χ4v) is 4.60. The van der Waals surface area contributed by atoms with E-state index in [1.807, 2.05) is 60.7 Å². The lowest BCUT2D eigenvalue weighted by Crippen LogP contribution is -2.21. The maximum atomic E-state index is 13.9. The van der Waals surface area contributed by atoms with Crippen molar-refractivity contribution >= 4 is 32.2 Å². The van der Waals surface area contributed by atoms with Gasteiger partial charge in [0.2, 0.25) is 0 Å². The van der Waals surface area contributed by atoms with Crippen LogP contribution in [-0.2, 0) is 16.3 Å². The fraction of sp³-hybridized carbons (Fsp3) is 0.222. The SMILES string of the molecule is COc1cc(NC(C(=O)c2c[nH]c3cc(CCS(C)(=O)=O)ccc23)c2ccccc2)cc(OC)c1. The van der Waals surface area contributed by atoms with Gasteiger partial charge in [0.1, 0.15) is 27.4 Å². The first-order valence-electron chi connectivity index (χ1n) is 11.1. The molecule has 0 saturated heterocycles. The topological polar surface area (TPSA) is 97.5 Å². The van der Waals surface area contributed by atoms with E-state index in [0.717, 1.165) is 22.0 Å². The highest BCUT2D eigenvalue weighted by atomic mass is 32.2. The van der Waals surface area contributed by atoms with Crippen LogP contribution in [0.4, 0.5) is 5.69 Å². The molecule has 0 bridgehead atoms. The third-order valence-electron chi connectivity index (χ3n) is 5.83. The van der Waals surface area contributed by atoms with Crippen LogP contribution >= 0.6 is 0 Å². The Hall–Kier alpha value is -3.78. The Morgan fingerprint density at radius 1 is 0.971 bits per heavy atom. The normalized spacial score (nSPS) is 12.3. The number of nitrogens with one attached hydrogen (secondary N) is 2. The second-order valence-corrected chi connectivity index (χ2v) is 10.7. The Kier molecular flexibility index (Phi) is 7.12. The first-order chi connectivity index (χ1) is 16.8. The zero-order valence-corrected chi connectivity index (χ0v) is 20.7. The number of carbonyl (C=O) groups excluding carboxylic acids is 1. The summed E-state index contributed by atoms with van der Waals surface area (Å²) in [6, 6.07) is 19.9. The monoisotopic (exact) mass is 492 g/mol. The molecule has 0 radical (unpaired) electrons. The van der Waals surface area contributed by atoms with Crippen LogP contribution < -0.4 is 14.8 Å². The maximum Gasteiger partial charge on any atom is 0.191 e. The van der Waals surface area contributed by atoms with Crippen molar-refractivity contribution in [1.29, 1.82) is 0 Å². The van der Waals surface area contributed by atoms with Crippen molar-refractivity contribution in [3.05, 3.63) is 89.6 Å². The van der Waals surface area contributed by atoms with Crippen molar-refractivity contribution in [2.24, 2.45) is 0 Å². The average molecular weight is 493 g/mol. The van der Waals surface area contributed by atoms with E-state index >= 15 is 0 Å². The molecule has 1 aromatic heterocycles. The Morgan fingerprint density at radius 2 is 1.66 bits per heavy atom. The maximum absolute atomic E-state index is 13.9. The minimum atomic E-state index is -3.06. The molecule has 1 heterocycles. The molecule has 0 aliphatic heterocycles. The van der Waals surface area contributed by atoms with Crippen molar-refractivity contribution < 1.29 is 22.7 Å². The molecule has 0 aliphatic carbocycles. The number of aryl methyl sites for hydroxylation is 1. The van der Waals surface area contributed by atoms with Crippen LogP contribution in [0.3, 0.4) is 0 Å². The number of aromatic nitrogens is 1. The fourth-order valence-electron chi connectivity index (χ4n) is 3.99. The van der Waals surface area contributed by atoms with Crippen molar-refractivity contribution in [1.82, 2.24) is 4.98 Å². The van der Waals surface area contributed by atoms with Gasteiger partial charge in [0.05, 0.1) is 20.0 Å². The number of anilines is 1. The van der Waals surface area contributed by atoms with Crippen LogP contribution in [-0.4, -0.2) is 45.4 Å². The van der Waals surface area contributed by atoms with Crippen LogP contribution in [0.15, 0.2) is 72.9 Å². The van der Waals surface area contributed by atoms with Crippen LogP contribution in [0, 0.1) is 0 Å². The summed E-state index contributed by atoms with van der Waals surface area (Å²) in [5, 5.41) is 4.14. The summed E-state index contributed by atoms with van der Waals surface area (Å²) in [7, 11) is 0.0997. The minimum absolute atomic E-state index is 0.0784. The summed E-state index contributed by atoms with van der Waals surface area (Å²) in [4.78, 5) is 17.0. The van der Waals surface area contributed by atoms with Gasteiger partial charge in [-0.3, -0.25) is 4.79 Å². The van der Waals surface area contributed by atoms with Crippen LogP contribution in [0.5, 0.6) is 11.5 Å². The molecule has 0 aliphatic rings. The van der Waals surface area contributed by atoms with E-state index in [0.29, 0.717) is 29.2 Å². The molecule has 1 atom stereocenters. The lowest BCUT2D eigenvalue weighted by Gasteiger charge is -2.20. The Bertz CT molecular complexity index is 1420. The van der Waals surface area contributed by atoms with Gasteiger partial charge in [-0.15, -0.1) is 0 Å². The first-order valence-corrected chi connectivity index (χ1v) is 13.2. The van der Waals surface area contributed by atoms with Gasteiger partial charge < -0.3 is 19.8 Å². The molecular formula is C27H28N2O5S. The highest BCUT2D eigenvalue weighted by Gasteiger charge is 2.25. The molecule has 2 N–H and O–H groups in total. The molecule has 1 unspecified atom stereocenters. The molecule has 4 aromatic rings. The number of ketones is 1. The number of rotatable bonds is 10. The van der Waals surface area contributed by atoms with Crippen molar-refractivity contribution in [2.75, 3.05) is 31.5 Å². The van der Waals surface area contributed by atoms with E-state index in [-0.39, 0.29) is 11.5 Å². The lowest BCUT2D eigenvalue weighted by atomic mass is 9.96. The number of sulfone groups is 1. The summed E-state index contributed by atoms with van der Waals surface area (Å²) < 4.78 is 33.8. The van der Waals surface area contributed by atoms with Gasteiger partial charge in [-0.2, -0.15) is 0 Å². The van der Waals surface area contributed by atoms with E-state index in [1.54, 1.807) is 26.5 Å². The van der Waals surface area contributed by atoms with E-state index in [4.69, 9.17) is 9.47 Å². The standard InChI is InChI=1S/C27H28N2O5S/c1-33-21-14-20(15-22(16-21)34-2)29-26(19-7-5-4-6-8-19)27(30)24-17-28-25-13-18(9-10-23(24)25)11-12-35(3,31)32/h4-10,13-17,26,28-29H,11-12H2,1-3H3. The van der Waals surface area contributed by atoms with E-state index in [9.17, 15) is 13.2 Å².